The van der Waals surface area contributed by atoms with Crippen LogP contribution in [0.1, 0.15) is 33.1 Å². The second-order valence-electron chi connectivity index (χ2n) is 7.85. The zero-order valence-electron chi connectivity index (χ0n) is 11.5. The van der Waals surface area contributed by atoms with E-state index in [1.54, 1.807) is 5.17 Å². The lowest BCUT2D eigenvalue weighted by Crippen LogP contribution is -2.44. The molecule has 2 N–H and O–H groups in total. The highest BCUT2D eigenvalue weighted by Crippen LogP contribution is 3.36. The average molecular weight is 269 g/mol. The summed E-state index contributed by atoms with van der Waals surface area (Å²) in [7, 11) is -0.378. The monoisotopic (exact) mass is 269 g/mol. The van der Waals surface area contributed by atoms with E-state index in [0.29, 0.717) is 15.9 Å². The lowest BCUT2D eigenvalue weighted by Gasteiger charge is -2.42. The molecule has 0 aromatic carbocycles. The van der Waals surface area contributed by atoms with Gasteiger partial charge in [-0.2, -0.15) is 0 Å². The van der Waals surface area contributed by atoms with Gasteiger partial charge in [0, 0.05) is 13.8 Å². The summed E-state index contributed by atoms with van der Waals surface area (Å²) < 4.78 is 0. The molecule has 2 nitrogen and oxygen atoms in total. The van der Waals surface area contributed by atoms with Gasteiger partial charge in [-0.1, -0.05) is 31.2 Å². The molecule has 1 amide bonds. The minimum atomic E-state index is -0.378. The molecule has 7 atom stereocenters. The number of carbonyl (C=O) groups excluding carboxylic acids is 1. The molecule has 7 rings (SSSR count). The van der Waals surface area contributed by atoms with Gasteiger partial charge >= 0.3 is 0 Å². The number of hydrogen-bond acceptors (Lipinski definition) is 1. The van der Waals surface area contributed by atoms with E-state index in [1.807, 2.05) is 0 Å². The molecule has 7 aliphatic rings. The first kappa shape index (κ1) is 10.1. The number of amides is 1. The second kappa shape index (κ2) is 2.14. The van der Waals surface area contributed by atoms with Crippen LogP contribution in [0.25, 0.3) is 0 Å². The highest BCUT2D eigenvalue weighted by atomic mass is 28.2. The molecule has 3 heteroatoms. The number of nitrogens with two attached hydrogens (primary N) is 1. The van der Waals surface area contributed by atoms with Crippen LogP contribution in [-0.2, 0) is 4.79 Å². The molecule has 0 aromatic heterocycles. The Morgan fingerprint density at radius 2 is 2.21 bits per heavy atom. The molecule has 1 heterocycles. The topological polar surface area (TPSA) is 43.1 Å². The lowest BCUT2D eigenvalue weighted by molar-refractivity contribution is -0.128. The highest BCUT2D eigenvalue weighted by molar-refractivity contribution is 6.80. The number of hydrogen-bond donors (Lipinski definition) is 1. The van der Waals surface area contributed by atoms with Crippen LogP contribution < -0.4 is 5.73 Å². The van der Waals surface area contributed by atoms with E-state index < -0.39 is 0 Å². The second-order valence-corrected chi connectivity index (χ2v) is 11.1. The van der Waals surface area contributed by atoms with Crippen molar-refractivity contribution in [1.29, 1.82) is 0 Å². The number of carbonyl (C=O) groups is 1. The Kier molecular flexibility index (Phi) is 1.14. The molecule has 0 aromatic rings. The van der Waals surface area contributed by atoms with Gasteiger partial charge in [0.05, 0.1) is 5.41 Å². The number of fused-ring (bicyclic) bond motifs is 1. The minimum Gasteiger partial charge on any atom is -0.369 e. The molecule has 6 aliphatic carbocycles. The van der Waals surface area contributed by atoms with E-state index in [9.17, 15) is 4.79 Å². The summed E-state index contributed by atoms with van der Waals surface area (Å²) in [5.74, 6) is 1.74. The van der Waals surface area contributed by atoms with Gasteiger partial charge in [0.2, 0.25) is 5.91 Å². The van der Waals surface area contributed by atoms with Crippen LogP contribution in [-0.4, -0.2) is 19.5 Å². The van der Waals surface area contributed by atoms with Crippen LogP contribution in [0.15, 0.2) is 12.2 Å². The molecule has 98 valence electrons. The van der Waals surface area contributed by atoms with E-state index in [4.69, 9.17) is 5.73 Å². The Balaban J connectivity index is 1.46. The van der Waals surface area contributed by atoms with E-state index in [1.165, 1.54) is 12.8 Å². The van der Waals surface area contributed by atoms with Crippen LogP contribution in [0, 0.1) is 28.1 Å². The largest absolute Gasteiger partial charge is 0.369 e. The molecule has 2 bridgehead atoms. The van der Waals surface area contributed by atoms with Crippen molar-refractivity contribution in [3.05, 3.63) is 12.2 Å². The third-order valence-electron chi connectivity index (χ3n) is 8.24. The molecule has 7 unspecified atom stereocenters. The highest BCUT2D eigenvalue weighted by Gasteiger charge is 3.34. The van der Waals surface area contributed by atoms with Crippen LogP contribution in [0.2, 0.25) is 10.6 Å². The molecule has 0 radical (unpaired) electrons. The Hall–Kier alpha value is -0.703. The Morgan fingerprint density at radius 1 is 1.42 bits per heavy atom. The summed E-state index contributed by atoms with van der Waals surface area (Å²) >= 11 is 0. The summed E-state index contributed by atoms with van der Waals surface area (Å²) in [6.45, 7) is 4.76. The Bertz CT molecular complexity index is 680. The normalized spacial score (nSPS) is 67.6. The van der Waals surface area contributed by atoms with Crippen molar-refractivity contribution in [2.24, 2.45) is 33.8 Å². The van der Waals surface area contributed by atoms with E-state index >= 15 is 0 Å². The molecule has 0 saturated heterocycles. The van der Waals surface area contributed by atoms with Crippen molar-refractivity contribution in [3.8, 4) is 0 Å². The Labute approximate surface area is 114 Å². The zero-order chi connectivity index (χ0) is 13.0. The maximum absolute atomic E-state index is 11.8. The first-order chi connectivity index (χ1) is 9.10. The molecule has 2 spiro atoms. The molecular weight excluding hydrogens is 250 g/mol. The maximum Gasteiger partial charge on any atom is 0.224 e. The summed E-state index contributed by atoms with van der Waals surface area (Å²) in [4.78, 5) is 11.8. The fourth-order valence-electron chi connectivity index (χ4n) is 8.09. The van der Waals surface area contributed by atoms with E-state index in [0.717, 1.165) is 23.8 Å². The smallest absolute Gasteiger partial charge is 0.224 e. The molecule has 1 aliphatic heterocycles. The van der Waals surface area contributed by atoms with Gasteiger partial charge in [-0.25, -0.2) is 0 Å². The summed E-state index contributed by atoms with van der Waals surface area (Å²) in [6.07, 6.45) is 8.61. The van der Waals surface area contributed by atoms with Gasteiger partial charge in [-0.05, 0) is 47.1 Å². The van der Waals surface area contributed by atoms with Crippen molar-refractivity contribution in [1.82, 2.24) is 0 Å². The van der Waals surface area contributed by atoms with Crippen molar-refractivity contribution in [2.45, 2.75) is 43.7 Å². The van der Waals surface area contributed by atoms with Crippen molar-refractivity contribution < 1.29 is 4.79 Å². The average Bonchev–Trinajstić information content (AvgIpc) is 3.27. The van der Waals surface area contributed by atoms with Gasteiger partial charge in [0.15, 0.2) is 0 Å². The maximum atomic E-state index is 11.8. The summed E-state index contributed by atoms with van der Waals surface area (Å²) in [6, 6.07) is 0. The van der Waals surface area contributed by atoms with Crippen molar-refractivity contribution in [2.75, 3.05) is 0 Å². The molecule has 19 heavy (non-hydrogen) atoms. The molecule has 6 fully saturated rings. The van der Waals surface area contributed by atoms with Crippen molar-refractivity contribution in [3.63, 3.8) is 0 Å². The number of allylic oxidation sites excluding steroid dienone is 2. The number of rotatable bonds is 3. The quantitative estimate of drug-likeness (QED) is 0.781. The van der Waals surface area contributed by atoms with Gasteiger partial charge in [0.1, 0.15) is 0 Å². The molecule has 6 saturated carbocycles. The fourth-order valence-corrected chi connectivity index (χ4v) is 13.0. The van der Waals surface area contributed by atoms with Gasteiger partial charge in [0.25, 0.3) is 0 Å². The predicted molar refractivity (Wildman–Crippen MR) is 75.0 cm³/mol. The Morgan fingerprint density at radius 3 is 2.79 bits per heavy atom. The van der Waals surface area contributed by atoms with Crippen LogP contribution >= 0.6 is 0 Å². The lowest BCUT2D eigenvalue weighted by atomic mass is 9.72. The first-order valence-electron chi connectivity index (χ1n) is 7.81. The SMILES string of the molecule is CCC1=[Si](C23CCC4(C(N)=O)C5C46C2C536)C(C)C=C1. The summed E-state index contributed by atoms with van der Waals surface area (Å²) in [5, 5.41) is 2.50. The third kappa shape index (κ3) is 0.519. The van der Waals surface area contributed by atoms with E-state index in [-0.39, 0.29) is 19.7 Å². The fraction of sp³-hybridized carbons (Fsp3) is 0.750. The predicted octanol–water partition coefficient (Wildman–Crippen LogP) is 1.87. The van der Waals surface area contributed by atoms with Crippen LogP contribution in [0.4, 0.5) is 0 Å². The van der Waals surface area contributed by atoms with Gasteiger partial charge in [-0.15, -0.1) is 0 Å². The van der Waals surface area contributed by atoms with Gasteiger partial charge in [-0.3, -0.25) is 4.79 Å². The van der Waals surface area contributed by atoms with Crippen molar-refractivity contribution >= 4 is 19.5 Å². The van der Waals surface area contributed by atoms with E-state index in [2.05, 4.69) is 26.0 Å². The first-order valence-corrected chi connectivity index (χ1v) is 9.39. The standard InChI is InChI=1S/C16H19NOSi/c1-3-9-5-4-8(2)19(9)14-7-6-13(12(17)18)10-15(13)11(14)16(10,14)15/h4-5,8,10-11H,3,6-7H2,1-2H3,(H2,17,18). The zero-order valence-corrected chi connectivity index (χ0v) is 12.5. The minimum absolute atomic E-state index is 0.0174. The summed E-state index contributed by atoms with van der Waals surface area (Å²) in [5.41, 5.74) is 7.73. The van der Waals surface area contributed by atoms with Crippen LogP contribution in [0.3, 0.4) is 0 Å². The molecular formula is C16H19NOSi. The third-order valence-corrected chi connectivity index (χ3v) is 12.5. The van der Waals surface area contributed by atoms with Crippen LogP contribution in [0.5, 0.6) is 0 Å². The number of primary amides is 1. The van der Waals surface area contributed by atoms with Gasteiger partial charge < -0.3 is 5.73 Å².